The Labute approximate surface area is 123 Å². The van der Waals surface area contributed by atoms with Crippen LogP contribution >= 0.6 is 23.2 Å². The van der Waals surface area contributed by atoms with Gasteiger partial charge in [-0.05, 0) is 57.6 Å². The van der Waals surface area contributed by atoms with Crippen LogP contribution in [-0.2, 0) is 0 Å². The largest absolute Gasteiger partial charge is 0.307 e. The van der Waals surface area contributed by atoms with Crippen LogP contribution in [0.25, 0.3) is 0 Å². The smallest absolute Gasteiger partial charge is 0.142 e. The van der Waals surface area contributed by atoms with Crippen LogP contribution < -0.4 is 5.32 Å². The third kappa shape index (κ3) is 3.82. The zero-order valence-corrected chi connectivity index (χ0v) is 12.7. The summed E-state index contributed by atoms with van der Waals surface area (Å²) in [6, 6.07) is 3.38. The fourth-order valence-electron chi connectivity index (χ4n) is 2.49. The zero-order valence-electron chi connectivity index (χ0n) is 11.2. The number of hydrogen-bond donors (Lipinski definition) is 1. The second-order valence-corrected chi connectivity index (χ2v) is 6.07. The second-order valence-electron chi connectivity index (χ2n) is 5.25. The van der Waals surface area contributed by atoms with Crippen LogP contribution in [0.1, 0.15) is 31.4 Å². The molecule has 0 aromatic heterocycles. The summed E-state index contributed by atoms with van der Waals surface area (Å²) in [6.07, 6.45) is 2.21. The molecule has 0 saturated carbocycles. The highest BCUT2D eigenvalue weighted by Crippen LogP contribution is 2.29. The molecule has 1 fully saturated rings. The van der Waals surface area contributed by atoms with Gasteiger partial charge in [0.1, 0.15) is 5.82 Å². The van der Waals surface area contributed by atoms with Gasteiger partial charge in [-0.1, -0.05) is 23.2 Å². The monoisotopic (exact) mass is 304 g/mol. The fourth-order valence-corrected chi connectivity index (χ4v) is 3.04. The Kier molecular flexibility index (Phi) is 5.07. The molecule has 1 heterocycles. The number of nitrogens with one attached hydrogen (secondary N) is 1. The van der Waals surface area contributed by atoms with Gasteiger partial charge in [-0.2, -0.15) is 0 Å². The molecule has 19 heavy (non-hydrogen) atoms. The van der Waals surface area contributed by atoms with Gasteiger partial charge < -0.3 is 10.2 Å². The molecule has 1 unspecified atom stereocenters. The SMILES string of the molecule is CC(NC1CCN(C)CC1)c1cc(F)c(Cl)cc1Cl. The van der Waals surface area contributed by atoms with E-state index in [0.717, 1.165) is 31.5 Å². The first-order chi connectivity index (χ1) is 8.97. The second kappa shape index (κ2) is 6.40. The first-order valence-electron chi connectivity index (χ1n) is 6.56. The van der Waals surface area contributed by atoms with E-state index in [9.17, 15) is 4.39 Å². The van der Waals surface area contributed by atoms with Gasteiger partial charge in [-0.25, -0.2) is 4.39 Å². The minimum Gasteiger partial charge on any atom is -0.307 e. The number of hydrogen-bond acceptors (Lipinski definition) is 2. The Morgan fingerprint density at radius 2 is 1.89 bits per heavy atom. The first-order valence-corrected chi connectivity index (χ1v) is 7.32. The maximum atomic E-state index is 13.5. The number of halogens is 3. The van der Waals surface area contributed by atoms with E-state index in [1.165, 1.54) is 12.1 Å². The maximum absolute atomic E-state index is 13.5. The Morgan fingerprint density at radius 1 is 1.26 bits per heavy atom. The van der Waals surface area contributed by atoms with Crippen LogP contribution in [0.15, 0.2) is 12.1 Å². The number of piperidine rings is 1. The van der Waals surface area contributed by atoms with Crippen molar-refractivity contribution < 1.29 is 4.39 Å². The summed E-state index contributed by atoms with van der Waals surface area (Å²) in [7, 11) is 2.13. The standard InChI is InChI=1S/C14H19Cl2FN2/c1-9(18-10-3-5-19(2)6-4-10)11-7-14(17)13(16)8-12(11)15/h7-10,18H,3-6H2,1-2H3. The maximum Gasteiger partial charge on any atom is 0.142 e. The molecule has 1 saturated heterocycles. The van der Waals surface area contributed by atoms with Crippen molar-refractivity contribution in [1.82, 2.24) is 10.2 Å². The highest BCUT2D eigenvalue weighted by atomic mass is 35.5. The molecule has 1 aliphatic heterocycles. The van der Waals surface area contributed by atoms with Gasteiger partial charge in [-0.15, -0.1) is 0 Å². The van der Waals surface area contributed by atoms with Crippen LogP contribution in [0.3, 0.4) is 0 Å². The molecule has 5 heteroatoms. The average molecular weight is 305 g/mol. The van der Waals surface area contributed by atoms with E-state index in [2.05, 4.69) is 17.3 Å². The van der Waals surface area contributed by atoms with E-state index in [1.54, 1.807) is 0 Å². The summed E-state index contributed by atoms with van der Waals surface area (Å²) in [5.41, 5.74) is 0.766. The lowest BCUT2D eigenvalue weighted by Gasteiger charge is -2.32. The molecule has 2 nitrogen and oxygen atoms in total. The van der Waals surface area contributed by atoms with E-state index < -0.39 is 5.82 Å². The molecule has 106 valence electrons. The number of rotatable bonds is 3. The normalized spacial score (nSPS) is 19.6. The molecule has 0 radical (unpaired) electrons. The molecule has 1 aliphatic rings. The van der Waals surface area contributed by atoms with Gasteiger partial charge >= 0.3 is 0 Å². The average Bonchev–Trinajstić information content (AvgIpc) is 2.36. The fraction of sp³-hybridized carbons (Fsp3) is 0.571. The van der Waals surface area contributed by atoms with Gasteiger partial charge in [0.25, 0.3) is 0 Å². The molecule has 1 aromatic rings. The van der Waals surface area contributed by atoms with Crippen molar-refractivity contribution in [2.24, 2.45) is 0 Å². The predicted octanol–water partition coefficient (Wildman–Crippen LogP) is 3.88. The highest BCUT2D eigenvalue weighted by molar-refractivity contribution is 6.35. The van der Waals surface area contributed by atoms with Crippen LogP contribution in [0.4, 0.5) is 4.39 Å². The van der Waals surface area contributed by atoms with E-state index >= 15 is 0 Å². The summed E-state index contributed by atoms with van der Waals surface area (Å²) in [6.45, 7) is 4.19. The zero-order chi connectivity index (χ0) is 14.0. The van der Waals surface area contributed by atoms with Gasteiger partial charge in [-0.3, -0.25) is 0 Å². The van der Waals surface area contributed by atoms with Crippen molar-refractivity contribution in [3.8, 4) is 0 Å². The summed E-state index contributed by atoms with van der Waals surface area (Å²) in [5.74, 6) is -0.418. The van der Waals surface area contributed by atoms with Crippen LogP contribution in [0.5, 0.6) is 0 Å². The lowest BCUT2D eigenvalue weighted by Crippen LogP contribution is -2.41. The van der Waals surface area contributed by atoms with Crippen molar-refractivity contribution in [2.75, 3.05) is 20.1 Å². The molecule has 2 rings (SSSR count). The highest BCUT2D eigenvalue weighted by Gasteiger charge is 2.20. The minimum atomic E-state index is -0.418. The van der Waals surface area contributed by atoms with E-state index in [0.29, 0.717) is 11.1 Å². The Balaban J connectivity index is 2.03. The quantitative estimate of drug-likeness (QED) is 0.853. The Hall–Kier alpha value is -0.350. The molecular weight excluding hydrogens is 286 g/mol. The van der Waals surface area contributed by atoms with E-state index in [-0.39, 0.29) is 11.1 Å². The molecule has 0 aliphatic carbocycles. The molecule has 0 amide bonds. The molecular formula is C14H19Cl2FN2. The third-order valence-corrected chi connectivity index (χ3v) is 4.33. The molecule has 1 aromatic carbocycles. The molecule has 0 spiro atoms. The van der Waals surface area contributed by atoms with Crippen molar-refractivity contribution in [3.63, 3.8) is 0 Å². The van der Waals surface area contributed by atoms with Crippen molar-refractivity contribution >= 4 is 23.2 Å². The van der Waals surface area contributed by atoms with Gasteiger partial charge in [0, 0.05) is 17.1 Å². The van der Waals surface area contributed by atoms with Crippen molar-refractivity contribution in [3.05, 3.63) is 33.6 Å². The molecule has 1 N–H and O–H groups in total. The minimum absolute atomic E-state index is 0.0210. The van der Waals surface area contributed by atoms with Crippen LogP contribution in [-0.4, -0.2) is 31.1 Å². The lowest BCUT2D eigenvalue weighted by atomic mass is 10.0. The van der Waals surface area contributed by atoms with Crippen molar-refractivity contribution in [1.29, 1.82) is 0 Å². The van der Waals surface area contributed by atoms with Gasteiger partial charge in [0.2, 0.25) is 0 Å². The Morgan fingerprint density at radius 3 is 2.53 bits per heavy atom. The summed E-state index contributed by atoms with van der Waals surface area (Å²) in [5, 5.41) is 4.11. The van der Waals surface area contributed by atoms with E-state index in [4.69, 9.17) is 23.2 Å². The topological polar surface area (TPSA) is 15.3 Å². The molecule has 1 atom stereocenters. The van der Waals surface area contributed by atoms with Crippen LogP contribution in [0.2, 0.25) is 10.0 Å². The summed E-state index contributed by atoms with van der Waals surface area (Å²) < 4.78 is 13.5. The number of likely N-dealkylation sites (tertiary alicyclic amines) is 1. The lowest BCUT2D eigenvalue weighted by molar-refractivity contribution is 0.226. The predicted molar refractivity (Wildman–Crippen MR) is 78.5 cm³/mol. The summed E-state index contributed by atoms with van der Waals surface area (Å²) >= 11 is 11.9. The number of nitrogens with zero attached hydrogens (tertiary/aromatic N) is 1. The van der Waals surface area contributed by atoms with Gasteiger partial charge in [0.15, 0.2) is 0 Å². The van der Waals surface area contributed by atoms with E-state index in [1.807, 2.05) is 6.92 Å². The number of benzene rings is 1. The Bertz CT molecular complexity index is 445. The van der Waals surface area contributed by atoms with Crippen LogP contribution in [0, 0.1) is 5.82 Å². The first kappa shape index (κ1) is 15.0. The molecule has 0 bridgehead atoms. The third-order valence-electron chi connectivity index (χ3n) is 3.71. The van der Waals surface area contributed by atoms with Crippen molar-refractivity contribution in [2.45, 2.75) is 31.8 Å². The summed E-state index contributed by atoms with van der Waals surface area (Å²) in [4.78, 5) is 2.32. The van der Waals surface area contributed by atoms with Gasteiger partial charge in [0.05, 0.1) is 5.02 Å².